The lowest BCUT2D eigenvalue weighted by Crippen LogP contribution is -2.58. The molecule has 0 aromatic heterocycles. The van der Waals surface area contributed by atoms with Gasteiger partial charge in [-0.2, -0.15) is 18.4 Å². The van der Waals surface area contributed by atoms with Gasteiger partial charge < -0.3 is 10.0 Å². The van der Waals surface area contributed by atoms with E-state index in [-0.39, 0.29) is 0 Å². The number of nitrogens with zero attached hydrogens (tertiary/aromatic N) is 3. The zero-order valence-electron chi connectivity index (χ0n) is 11.6. The Balaban J connectivity index is 1.86. The lowest BCUT2D eigenvalue weighted by atomic mass is 9.94. The molecular formula is C15H14F3N3O. The van der Waals surface area contributed by atoms with Crippen LogP contribution in [-0.4, -0.2) is 36.5 Å². The smallest absolute Gasteiger partial charge is 0.382 e. The molecular weight excluding hydrogens is 295 g/mol. The normalized spacial score (nSPS) is 21.9. The highest BCUT2D eigenvalue weighted by molar-refractivity contribution is 5.76. The number of hydrogen-bond acceptors (Lipinski definition) is 4. The lowest BCUT2D eigenvalue weighted by Gasteiger charge is -2.45. The van der Waals surface area contributed by atoms with Gasteiger partial charge in [0.15, 0.2) is 12.3 Å². The summed E-state index contributed by atoms with van der Waals surface area (Å²) in [6, 6.07) is 4.23. The van der Waals surface area contributed by atoms with Gasteiger partial charge in [0, 0.05) is 17.8 Å². The minimum absolute atomic E-state index is 0.303. The maximum atomic E-state index is 12.6. The van der Waals surface area contributed by atoms with Gasteiger partial charge in [0.25, 0.3) is 0 Å². The van der Waals surface area contributed by atoms with E-state index in [1.807, 2.05) is 12.2 Å². The molecule has 7 heteroatoms. The first-order chi connectivity index (χ1) is 10.4. The van der Waals surface area contributed by atoms with E-state index in [4.69, 9.17) is 5.26 Å². The van der Waals surface area contributed by atoms with Crippen molar-refractivity contribution in [2.75, 3.05) is 22.9 Å². The van der Waals surface area contributed by atoms with E-state index in [0.717, 1.165) is 11.3 Å². The van der Waals surface area contributed by atoms with Crippen molar-refractivity contribution in [1.29, 1.82) is 5.26 Å². The molecule has 2 heterocycles. The van der Waals surface area contributed by atoms with Crippen molar-refractivity contribution in [3.8, 4) is 6.19 Å². The van der Waals surface area contributed by atoms with E-state index in [0.29, 0.717) is 25.2 Å². The molecule has 2 aliphatic heterocycles. The van der Waals surface area contributed by atoms with Gasteiger partial charge in [-0.05, 0) is 24.6 Å². The summed E-state index contributed by atoms with van der Waals surface area (Å²) in [6.07, 6.45) is -0.917. The first-order valence-electron chi connectivity index (χ1n) is 6.91. The number of aliphatic hydroxyl groups is 1. The molecule has 0 spiro atoms. The molecule has 0 unspecified atom stereocenters. The van der Waals surface area contributed by atoms with Crippen LogP contribution in [0.2, 0.25) is 0 Å². The number of anilines is 2. The molecule has 4 nitrogen and oxygen atoms in total. The van der Waals surface area contributed by atoms with Gasteiger partial charge in [-0.1, -0.05) is 12.2 Å². The van der Waals surface area contributed by atoms with Crippen LogP contribution in [0.1, 0.15) is 12.0 Å². The Morgan fingerprint density at radius 2 is 2.14 bits per heavy atom. The van der Waals surface area contributed by atoms with Gasteiger partial charge >= 0.3 is 6.18 Å². The Hall–Kier alpha value is -2.20. The van der Waals surface area contributed by atoms with E-state index in [2.05, 4.69) is 6.19 Å². The van der Waals surface area contributed by atoms with E-state index in [1.165, 1.54) is 4.90 Å². The van der Waals surface area contributed by atoms with Gasteiger partial charge in [-0.3, -0.25) is 4.90 Å². The number of benzene rings is 1. The summed E-state index contributed by atoms with van der Waals surface area (Å²) in [6.45, 7) is 0.963. The largest absolute Gasteiger partial charge is 0.416 e. The number of nitriles is 1. The summed E-state index contributed by atoms with van der Waals surface area (Å²) < 4.78 is 37.9. The van der Waals surface area contributed by atoms with Gasteiger partial charge in [0.2, 0.25) is 0 Å². The minimum Gasteiger partial charge on any atom is -0.382 e. The van der Waals surface area contributed by atoms with Crippen LogP contribution in [-0.2, 0) is 0 Å². The summed E-state index contributed by atoms with van der Waals surface area (Å²) in [7, 11) is 0. The van der Waals surface area contributed by atoms with Gasteiger partial charge in [0.1, 0.15) is 0 Å². The number of fused-ring (bicyclic) bond motifs is 1. The second-order valence-electron chi connectivity index (χ2n) is 5.39. The van der Waals surface area contributed by atoms with Crippen molar-refractivity contribution >= 4 is 17.5 Å². The first kappa shape index (κ1) is 14.7. The van der Waals surface area contributed by atoms with Crippen molar-refractivity contribution in [3.63, 3.8) is 0 Å². The number of alkyl halides is 3. The zero-order valence-corrected chi connectivity index (χ0v) is 11.6. The molecule has 3 rings (SSSR count). The third-order valence-electron chi connectivity index (χ3n) is 4.11. The van der Waals surface area contributed by atoms with Crippen LogP contribution in [0.4, 0.5) is 24.5 Å². The van der Waals surface area contributed by atoms with E-state index in [1.54, 1.807) is 23.1 Å². The molecule has 22 heavy (non-hydrogen) atoms. The van der Waals surface area contributed by atoms with Crippen LogP contribution in [0.25, 0.3) is 6.08 Å². The summed E-state index contributed by atoms with van der Waals surface area (Å²) in [4.78, 5) is 3.06. The van der Waals surface area contributed by atoms with Crippen LogP contribution in [0.15, 0.2) is 24.3 Å². The Morgan fingerprint density at radius 1 is 1.36 bits per heavy atom. The van der Waals surface area contributed by atoms with Gasteiger partial charge in [-0.25, -0.2) is 0 Å². The number of halogens is 3. The van der Waals surface area contributed by atoms with Crippen LogP contribution in [0.3, 0.4) is 0 Å². The van der Waals surface area contributed by atoms with Crippen LogP contribution < -0.4 is 9.80 Å². The molecule has 2 aliphatic rings. The standard InChI is InChI=1S/C15H14F3N3O/c16-15(17,18)14(22)13-5-7-21(13)11-3-4-12-10(8-11)2-1-6-20(12)9-19/h1-4,8,13-14,22H,5-7H2/t13-,14-/m0/s1. The fraction of sp³-hybridized carbons (Fsp3) is 0.400. The number of hydrogen-bond donors (Lipinski definition) is 1. The molecule has 2 atom stereocenters. The molecule has 1 aromatic carbocycles. The maximum absolute atomic E-state index is 12.6. The van der Waals surface area contributed by atoms with Gasteiger partial charge in [0.05, 0.1) is 18.3 Å². The second-order valence-corrected chi connectivity index (χ2v) is 5.39. The van der Waals surface area contributed by atoms with Crippen LogP contribution in [0.5, 0.6) is 0 Å². The highest BCUT2D eigenvalue weighted by atomic mass is 19.4. The third-order valence-corrected chi connectivity index (χ3v) is 4.11. The Kier molecular flexibility index (Phi) is 3.49. The molecule has 116 valence electrons. The average Bonchev–Trinajstić information content (AvgIpc) is 2.44. The van der Waals surface area contributed by atoms with Crippen molar-refractivity contribution in [1.82, 2.24) is 0 Å². The number of rotatable bonds is 2. The molecule has 0 amide bonds. The highest BCUT2D eigenvalue weighted by Gasteiger charge is 2.49. The summed E-state index contributed by atoms with van der Waals surface area (Å²) in [5.41, 5.74) is 2.15. The molecule has 0 radical (unpaired) electrons. The molecule has 0 aliphatic carbocycles. The first-order valence-corrected chi connectivity index (χ1v) is 6.91. The van der Waals surface area contributed by atoms with E-state index >= 15 is 0 Å². The molecule has 1 aromatic rings. The van der Waals surface area contributed by atoms with Crippen molar-refractivity contribution < 1.29 is 18.3 Å². The summed E-state index contributed by atoms with van der Waals surface area (Å²) in [5.74, 6) is 0. The van der Waals surface area contributed by atoms with Crippen molar-refractivity contribution in [3.05, 3.63) is 29.8 Å². The number of aliphatic hydroxyl groups excluding tert-OH is 1. The molecule has 1 N–H and O–H groups in total. The molecule has 1 saturated heterocycles. The van der Waals surface area contributed by atoms with Crippen LogP contribution in [0, 0.1) is 11.5 Å². The average molecular weight is 309 g/mol. The maximum Gasteiger partial charge on any atom is 0.416 e. The molecule has 1 fully saturated rings. The van der Waals surface area contributed by atoms with Crippen LogP contribution >= 0.6 is 0 Å². The quantitative estimate of drug-likeness (QED) is 0.853. The fourth-order valence-electron chi connectivity index (χ4n) is 2.85. The summed E-state index contributed by atoms with van der Waals surface area (Å²) >= 11 is 0. The molecule has 0 bridgehead atoms. The van der Waals surface area contributed by atoms with E-state index < -0.39 is 18.3 Å². The summed E-state index contributed by atoms with van der Waals surface area (Å²) in [5, 5.41) is 18.5. The Labute approximate surface area is 125 Å². The Bertz CT molecular complexity index is 650. The predicted octanol–water partition coefficient (Wildman–Crippen LogP) is 2.50. The lowest BCUT2D eigenvalue weighted by molar-refractivity contribution is -0.213. The zero-order chi connectivity index (χ0) is 15.9. The van der Waals surface area contributed by atoms with Crippen molar-refractivity contribution in [2.45, 2.75) is 24.7 Å². The SMILES string of the molecule is N#CN1CC=Cc2cc(N3CC[C@H]3[C@H](O)C(F)(F)F)ccc21. The second kappa shape index (κ2) is 5.21. The fourth-order valence-corrected chi connectivity index (χ4v) is 2.85. The van der Waals surface area contributed by atoms with Gasteiger partial charge in [-0.15, -0.1) is 0 Å². The highest BCUT2D eigenvalue weighted by Crippen LogP contribution is 2.37. The topological polar surface area (TPSA) is 50.5 Å². The molecule has 0 saturated carbocycles. The third kappa shape index (κ3) is 2.40. The predicted molar refractivity (Wildman–Crippen MR) is 76.2 cm³/mol. The minimum atomic E-state index is -4.62. The van der Waals surface area contributed by atoms with Crippen molar-refractivity contribution in [2.24, 2.45) is 0 Å². The van der Waals surface area contributed by atoms with E-state index in [9.17, 15) is 18.3 Å². The Morgan fingerprint density at radius 3 is 2.73 bits per heavy atom. The monoisotopic (exact) mass is 309 g/mol.